The van der Waals surface area contributed by atoms with Crippen LogP contribution in [-0.2, 0) is 11.3 Å². The van der Waals surface area contributed by atoms with E-state index in [4.69, 9.17) is 8.94 Å². The Bertz CT molecular complexity index is 927. The number of thioether (sulfide) groups is 1. The Hall–Kier alpha value is -2.81. The van der Waals surface area contributed by atoms with Crippen LogP contribution in [0.4, 0.5) is 5.88 Å². The van der Waals surface area contributed by atoms with Crippen molar-refractivity contribution in [1.82, 2.24) is 19.9 Å². The van der Waals surface area contributed by atoms with Crippen LogP contribution in [0.25, 0.3) is 11.4 Å². The molecule has 3 aromatic heterocycles. The predicted molar refractivity (Wildman–Crippen MR) is 97.8 cm³/mol. The lowest BCUT2D eigenvalue weighted by atomic mass is 10.2. The maximum absolute atomic E-state index is 12.4. The van der Waals surface area contributed by atoms with Crippen LogP contribution in [-0.4, -0.2) is 31.1 Å². The zero-order valence-corrected chi connectivity index (χ0v) is 15.5. The minimum absolute atomic E-state index is 0.208. The number of allylic oxidation sites excluding steroid dienone is 1. The summed E-state index contributed by atoms with van der Waals surface area (Å²) in [5.41, 5.74) is 1.56. The summed E-state index contributed by atoms with van der Waals surface area (Å²) in [5.74, 6) is 1.55. The van der Waals surface area contributed by atoms with Crippen LogP contribution < -0.4 is 5.32 Å². The fraction of sp³-hybridized carbons (Fsp3) is 0.294. The molecule has 0 aliphatic heterocycles. The number of carbonyl (C=O) groups excluding carboxylic acids is 1. The maximum Gasteiger partial charge on any atom is 0.240 e. The zero-order valence-electron chi connectivity index (χ0n) is 14.7. The third-order valence-corrected chi connectivity index (χ3v) is 4.73. The van der Waals surface area contributed by atoms with Gasteiger partial charge in [-0.15, -0.1) is 16.8 Å². The number of carbonyl (C=O) groups is 1. The summed E-state index contributed by atoms with van der Waals surface area (Å²) in [6.07, 6.45) is 3.37. The minimum atomic E-state index is -0.411. The van der Waals surface area contributed by atoms with E-state index in [0.29, 0.717) is 29.1 Å². The van der Waals surface area contributed by atoms with Crippen LogP contribution in [0.3, 0.4) is 0 Å². The highest BCUT2D eigenvalue weighted by molar-refractivity contribution is 8.00. The highest BCUT2D eigenvalue weighted by atomic mass is 32.2. The van der Waals surface area contributed by atoms with Gasteiger partial charge in [0.05, 0.1) is 22.8 Å². The van der Waals surface area contributed by atoms with E-state index in [9.17, 15) is 4.79 Å². The SMILES string of the molecule is C=CCn1c(SC(C)C(=O)Nc2cc(C)no2)nnc1-c1ccoc1C. The first-order chi connectivity index (χ1) is 12.5. The molecule has 0 radical (unpaired) electrons. The summed E-state index contributed by atoms with van der Waals surface area (Å²) in [7, 11) is 0. The number of aromatic nitrogens is 4. The molecule has 1 unspecified atom stereocenters. The lowest BCUT2D eigenvalue weighted by Crippen LogP contribution is -2.22. The second kappa shape index (κ2) is 7.61. The molecule has 0 aliphatic rings. The molecule has 0 aromatic carbocycles. The molecule has 0 spiro atoms. The van der Waals surface area contributed by atoms with Crippen LogP contribution in [0.15, 0.2) is 45.1 Å². The molecule has 26 heavy (non-hydrogen) atoms. The molecular formula is C17H19N5O3S. The topological polar surface area (TPSA) is 99.0 Å². The van der Waals surface area contributed by atoms with Crippen molar-refractivity contribution in [2.24, 2.45) is 0 Å². The van der Waals surface area contributed by atoms with Crippen LogP contribution in [0.2, 0.25) is 0 Å². The van der Waals surface area contributed by atoms with E-state index in [-0.39, 0.29) is 5.91 Å². The van der Waals surface area contributed by atoms with Crippen LogP contribution in [0, 0.1) is 13.8 Å². The summed E-state index contributed by atoms with van der Waals surface area (Å²) in [5, 5.41) is 15.2. The molecule has 0 saturated heterocycles. The Labute approximate surface area is 154 Å². The van der Waals surface area contributed by atoms with Gasteiger partial charge in [0.25, 0.3) is 0 Å². The van der Waals surface area contributed by atoms with Crippen molar-refractivity contribution in [3.05, 3.63) is 42.5 Å². The Morgan fingerprint density at radius 2 is 2.27 bits per heavy atom. The van der Waals surface area contributed by atoms with Crippen molar-refractivity contribution in [3.8, 4) is 11.4 Å². The van der Waals surface area contributed by atoms with Gasteiger partial charge in [0, 0.05) is 12.6 Å². The molecule has 1 atom stereocenters. The van der Waals surface area contributed by atoms with Crippen molar-refractivity contribution in [1.29, 1.82) is 0 Å². The van der Waals surface area contributed by atoms with Gasteiger partial charge < -0.3 is 8.94 Å². The first-order valence-corrected chi connectivity index (χ1v) is 8.87. The number of nitrogens with one attached hydrogen (secondary N) is 1. The molecule has 3 heterocycles. The van der Waals surface area contributed by atoms with Gasteiger partial charge in [-0.2, -0.15) is 0 Å². The summed E-state index contributed by atoms with van der Waals surface area (Å²) >= 11 is 1.31. The quantitative estimate of drug-likeness (QED) is 0.500. The van der Waals surface area contributed by atoms with Crippen molar-refractivity contribution >= 4 is 23.6 Å². The molecule has 8 nitrogen and oxygen atoms in total. The lowest BCUT2D eigenvalue weighted by Gasteiger charge is -2.11. The average molecular weight is 373 g/mol. The number of hydrogen-bond acceptors (Lipinski definition) is 7. The third-order valence-electron chi connectivity index (χ3n) is 3.65. The number of nitrogens with zero attached hydrogens (tertiary/aromatic N) is 4. The van der Waals surface area contributed by atoms with E-state index in [1.165, 1.54) is 11.8 Å². The predicted octanol–water partition coefficient (Wildman–Crippen LogP) is 3.45. The summed E-state index contributed by atoms with van der Waals surface area (Å²) in [6, 6.07) is 3.51. The molecule has 3 rings (SSSR count). The Balaban J connectivity index is 1.78. The van der Waals surface area contributed by atoms with Gasteiger partial charge in [0.2, 0.25) is 11.8 Å². The standard InChI is InChI=1S/C17H19N5O3S/c1-5-7-22-15(13-6-8-24-11(13)3)19-20-17(22)26-12(4)16(23)18-14-9-10(2)21-25-14/h5-6,8-9,12H,1,7H2,2-4H3,(H,18,23). The second-order valence-electron chi connectivity index (χ2n) is 5.68. The summed E-state index contributed by atoms with van der Waals surface area (Å²) in [6.45, 7) is 9.75. The Kier molecular flexibility index (Phi) is 5.27. The average Bonchev–Trinajstić information content (AvgIpc) is 3.30. The van der Waals surface area contributed by atoms with Gasteiger partial charge in [-0.05, 0) is 26.8 Å². The number of furan rings is 1. The van der Waals surface area contributed by atoms with E-state index in [2.05, 4.69) is 27.2 Å². The highest BCUT2D eigenvalue weighted by Gasteiger charge is 2.22. The van der Waals surface area contributed by atoms with Crippen molar-refractivity contribution < 1.29 is 13.7 Å². The molecular weight excluding hydrogens is 354 g/mol. The molecule has 9 heteroatoms. The van der Waals surface area contributed by atoms with E-state index in [1.54, 1.807) is 32.3 Å². The Morgan fingerprint density at radius 1 is 1.46 bits per heavy atom. The van der Waals surface area contributed by atoms with Crippen molar-refractivity contribution in [3.63, 3.8) is 0 Å². The van der Waals surface area contributed by atoms with Crippen LogP contribution >= 0.6 is 11.8 Å². The number of hydrogen-bond donors (Lipinski definition) is 1. The molecule has 3 aromatic rings. The molecule has 0 fully saturated rings. The van der Waals surface area contributed by atoms with Gasteiger partial charge >= 0.3 is 0 Å². The van der Waals surface area contributed by atoms with E-state index in [0.717, 1.165) is 11.3 Å². The zero-order chi connectivity index (χ0) is 18.7. The largest absolute Gasteiger partial charge is 0.469 e. The fourth-order valence-electron chi connectivity index (χ4n) is 2.34. The van der Waals surface area contributed by atoms with Crippen LogP contribution in [0.5, 0.6) is 0 Å². The molecule has 0 aliphatic carbocycles. The summed E-state index contributed by atoms with van der Waals surface area (Å²) < 4.78 is 12.3. The van der Waals surface area contributed by atoms with Gasteiger partial charge in [-0.3, -0.25) is 14.7 Å². The van der Waals surface area contributed by atoms with Gasteiger partial charge in [0.1, 0.15) is 5.76 Å². The monoisotopic (exact) mass is 373 g/mol. The molecule has 0 bridgehead atoms. The second-order valence-corrected chi connectivity index (χ2v) is 6.99. The van der Waals surface area contributed by atoms with E-state index in [1.807, 2.05) is 17.6 Å². The first kappa shape index (κ1) is 18.0. The number of rotatable bonds is 7. The van der Waals surface area contributed by atoms with Gasteiger partial charge in [-0.1, -0.05) is 23.0 Å². The van der Waals surface area contributed by atoms with Crippen molar-refractivity contribution in [2.75, 3.05) is 5.32 Å². The normalized spacial score (nSPS) is 12.1. The first-order valence-electron chi connectivity index (χ1n) is 7.99. The summed E-state index contributed by atoms with van der Waals surface area (Å²) in [4.78, 5) is 12.4. The minimum Gasteiger partial charge on any atom is -0.469 e. The van der Waals surface area contributed by atoms with Crippen molar-refractivity contribution in [2.45, 2.75) is 37.7 Å². The van der Waals surface area contributed by atoms with Gasteiger partial charge in [-0.25, -0.2) is 0 Å². The molecule has 1 amide bonds. The molecule has 1 N–H and O–H groups in total. The molecule has 0 saturated carbocycles. The van der Waals surface area contributed by atoms with E-state index >= 15 is 0 Å². The highest BCUT2D eigenvalue weighted by Crippen LogP contribution is 2.29. The smallest absolute Gasteiger partial charge is 0.240 e. The fourth-order valence-corrected chi connectivity index (χ4v) is 3.20. The lowest BCUT2D eigenvalue weighted by molar-refractivity contribution is -0.115. The maximum atomic E-state index is 12.4. The third kappa shape index (κ3) is 3.72. The number of anilines is 1. The van der Waals surface area contributed by atoms with Gasteiger partial charge in [0.15, 0.2) is 11.0 Å². The molecule has 136 valence electrons. The number of aryl methyl sites for hydroxylation is 2. The number of amides is 1. The van der Waals surface area contributed by atoms with E-state index < -0.39 is 5.25 Å². The Morgan fingerprint density at radius 3 is 2.88 bits per heavy atom. The van der Waals surface area contributed by atoms with Crippen LogP contribution in [0.1, 0.15) is 18.4 Å².